The lowest BCUT2D eigenvalue weighted by atomic mass is 9.76. The number of imidazole rings is 1. The average Bonchev–Trinajstić information content (AvgIpc) is 3.76. The molecule has 2 aliphatic heterocycles. The van der Waals surface area contributed by atoms with E-state index in [-0.39, 0.29) is 28.9 Å². The van der Waals surface area contributed by atoms with E-state index in [1.807, 2.05) is 39.8 Å². The van der Waals surface area contributed by atoms with Crippen molar-refractivity contribution >= 4 is 28.6 Å². The maximum atomic E-state index is 13.9. The van der Waals surface area contributed by atoms with Gasteiger partial charge < -0.3 is 33.9 Å². The molecule has 0 radical (unpaired) electrons. The van der Waals surface area contributed by atoms with Crippen molar-refractivity contribution in [2.75, 3.05) is 60.6 Å². The van der Waals surface area contributed by atoms with Crippen LogP contribution in [0.2, 0.25) is 0 Å². The van der Waals surface area contributed by atoms with E-state index in [4.69, 9.17) is 19.2 Å². The molecule has 1 unspecified atom stereocenters. The molecule has 6 rings (SSSR count). The Kier molecular flexibility index (Phi) is 10.7. The summed E-state index contributed by atoms with van der Waals surface area (Å²) in [5, 5.41) is 2.84. The van der Waals surface area contributed by atoms with Crippen LogP contribution in [0.15, 0.2) is 66.7 Å². The number of hydrogen-bond acceptors (Lipinski definition) is 8. The molecule has 11 nitrogen and oxygen atoms in total. The number of amides is 2. The van der Waals surface area contributed by atoms with Crippen LogP contribution in [-0.2, 0) is 16.8 Å². The Bertz CT molecular complexity index is 1810. The standard InChI is InChI=1S/C39H47N5O6/c1-27(45)40-18-23-44-32-13-9-8-12-31(32)41-37(44)35(46)28-14-19-42(20-15-28)21-16-39(30-10-6-5-7-11-30)17-22-43(26-39)38(47)29-24-33(48-2)36(50-4)34(25-29)49-3/h5-13,24-25,28H,14-23,26H2,1-4H3,(H,40,45). The molecule has 2 fully saturated rings. The van der Waals surface area contributed by atoms with Crippen LogP contribution in [-0.4, -0.2) is 97.5 Å². The highest BCUT2D eigenvalue weighted by molar-refractivity contribution is 5.98. The summed E-state index contributed by atoms with van der Waals surface area (Å²) in [5.41, 5.74) is 3.24. The predicted octanol–water partition coefficient (Wildman–Crippen LogP) is 4.97. The fourth-order valence-electron chi connectivity index (χ4n) is 7.62. The molecule has 50 heavy (non-hydrogen) atoms. The molecular weight excluding hydrogens is 634 g/mol. The number of para-hydroxylation sites is 2. The van der Waals surface area contributed by atoms with Crippen LogP contribution in [0.5, 0.6) is 17.2 Å². The monoisotopic (exact) mass is 681 g/mol. The van der Waals surface area contributed by atoms with Crippen LogP contribution in [0.1, 0.15) is 59.1 Å². The number of nitrogens with zero attached hydrogens (tertiary/aromatic N) is 4. The van der Waals surface area contributed by atoms with Crippen molar-refractivity contribution in [3.8, 4) is 17.2 Å². The van der Waals surface area contributed by atoms with Gasteiger partial charge in [0.1, 0.15) is 0 Å². The number of Topliss-reactive ketones (excluding diaryl/α,β-unsaturated/α-hetero) is 1. The summed E-state index contributed by atoms with van der Waals surface area (Å²) in [6, 6.07) is 21.7. The Morgan fingerprint density at radius 3 is 2.22 bits per heavy atom. The Labute approximate surface area is 293 Å². The first kappa shape index (κ1) is 34.9. The number of hydrogen-bond donors (Lipinski definition) is 1. The van der Waals surface area contributed by atoms with Crippen LogP contribution in [0.4, 0.5) is 0 Å². The molecule has 0 saturated carbocycles. The van der Waals surface area contributed by atoms with Gasteiger partial charge in [-0.15, -0.1) is 0 Å². The number of carbonyl (C=O) groups excluding carboxylic acids is 3. The van der Waals surface area contributed by atoms with Crippen molar-refractivity contribution in [3.63, 3.8) is 0 Å². The van der Waals surface area contributed by atoms with E-state index in [0.717, 1.165) is 56.4 Å². The number of aromatic nitrogens is 2. The quantitative estimate of drug-likeness (QED) is 0.197. The van der Waals surface area contributed by atoms with Crippen LogP contribution in [0, 0.1) is 5.92 Å². The SMILES string of the molecule is COc1cc(C(=O)N2CCC(CCN3CCC(C(=O)c4nc5ccccc5n4CCNC(C)=O)CC3)(c3ccccc3)C2)cc(OC)c1OC. The van der Waals surface area contributed by atoms with E-state index in [9.17, 15) is 14.4 Å². The summed E-state index contributed by atoms with van der Waals surface area (Å²) in [6.07, 6.45) is 3.28. The second-order valence-electron chi connectivity index (χ2n) is 13.3. The van der Waals surface area contributed by atoms with Gasteiger partial charge in [0.05, 0.1) is 32.4 Å². The minimum atomic E-state index is -0.191. The van der Waals surface area contributed by atoms with E-state index in [1.165, 1.54) is 12.5 Å². The summed E-state index contributed by atoms with van der Waals surface area (Å²) in [7, 11) is 4.65. The molecule has 0 bridgehead atoms. The Morgan fingerprint density at radius 1 is 0.880 bits per heavy atom. The molecule has 4 aromatic rings. The fourth-order valence-corrected chi connectivity index (χ4v) is 7.62. The smallest absolute Gasteiger partial charge is 0.254 e. The summed E-state index contributed by atoms with van der Waals surface area (Å²) in [4.78, 5) is 48.4. The zero-order chi connectivity index (χ0) is 35.3. The number of ketones is 1. The summed E-state index contributed by atoms with van der Waals surface area (Å²) in [6.45, 7) is 6.18. The molecule has 2 aliphatic rings. The first-order valence-electron chi connectivity index (χ1n) is 17.4. The van der Waals surface area contributed by atoms with Gasteiger partial charge in [-0.25, -0.2) is 4.98 Å². The third-order valence-electron chi connectivity index (χ3n) is 10.4. The number of fused-ring (bicyclic) bond motifs is 1. The predicted molar refractivity (Wildman–Crippen MR) is 191 cm³/mol. The van der Waals surface area contributed by atoms with Crippen LogP contribution < -0.4 is 19.5 Å². The molecule has 0 aliphatic carbocycles. The van der Waals surface area contributed by atoms with Gasteiger partial charge in [-0.3, -0.25) is 14.4 Å². The second kappa shape index (κ2) is 15.3. The molecule has 1 N–H and O–H groups in total. The lowest BCUT2D eigenvalue weighted by Crippen LogP contribution is -2.41. The second-order valence-corrected chi connectivity index (χ2v) is 13.3. The Balaban J connectivity index is 1.12. The molecule has 2 saturated heterocycles. The van der Waals surface area contributed by atoms with Crippen LogP contribution in [0.25, 0.3) is 11.0 Å². The van der Waals surface area contributed by atoms with Gasteiger partial charge in [-0.1, -0.05) is 42.5 Å². The molecular formula is C39H47N5O6. The number of methoxy groups -OCH3 is 3. The third-order valence-corrected chi connectivity index (χ3v) is 10.4. The van der Waals surface area contributed by atoms with Crippen molar-refractivity contribution in [3.05, 3.63) is 83.7 Å². The van der Waals surface area contributed by atoms with E-state index < -0.39 is 0 Å². The van der Waals surface area contributed by atoms with Gasteiger partial charge in [0, 0.05) is 50.0 Å². The first-order chi connectivity index (χ1) is 24.3. The first-order valence-corrected chi connectivity index (χ1v) is 17.4. The molecule has 1 atom stereocenters. The minimum Gasteiger partial charge on any atom is -0.493 e. The number of carbonyl (C=O) groups is 3. The van der Waals surface area contributed by atoms with Crippen molar-refractivity contribution in [2.24, 2.45) is 5.92 Å². The number of nitrogens with one attached hydrogen (secondary N) is 1. The number of ether oxygens (including phenoxy) is 3. The van der Waals surface area contributed by atoms with Crippen LogP contribution >= 0.6 is 0 Å². The Hall–Kier alpha value is -4.90. The largest absolute Gasteiger partial charge is 0.493 e. The molecule has 0 spiro atoms. The number of benzene rings is 3. The zero-order valence-corrected chi connectivity index (χ0v) is 29.4. The molecule has 3 heterocycles. The average molecular weight is 682 g/mol. The summed E-state index contributed by atoms with van der Waals surface area (Å²) in [5.74, 6) is 1.63. The molecule has 11 heteroatoms. The molecule has 264 valence electrons. The minimum absolute atomic E-state index is 0.0653. The van der Waals surface area contributed by atoms with Gasteiger partial charge >= 0.3 is 0 Å². The van der Waals surface area contributed by atoms with Crippen LogP contribution in [0.3, 0.4) is 0 Å². The highest BCUT2D eigenvalue weighted by atomic mass is 16.5. The van der Waals surface area contributed by atoms with Gasteiger partial charge in [0.2, 0.25) is 17.4 Å². The normalized spacial score (nSPS) is 18.3. The lowest BCUT2D eigenvalue weighted by Gasteiger charge is -2.36. The van der Waals surface area contributed by atoms with Gasteiger partial charge in [-0.2, -0.15) is 0 Å². The van der Waals surface area contributed by atoms with Crippen molar-refractivity contribution < 1.29 is 28.6 Å². The number of likely N-dealkylation sites (tertiary alicyclic amines) is 2. The lowest BCUT2D eigenvalue weighted by molar-refractivity contribution is -0.118. The maximum absolute atomic E-state index is 13.9. The maximum Gasteiger partial charge on any atom is 0.254 e. The summed E-state index contributed by atoms with van der Waals surface area (Å²) < 4.78 is 18.5. The fraction of sp³-hybridized carbons (Fsp3) is 0.436. The van der Waals surface area contributed by atoms with E-state index in [0.29, 0.717) is 54.8 Å². The Morgan fingerprint density at radius 2 is 1.56 bits per heavy atom. The van der Waals surface area contributed by atoms with Crippen molar-refractivity contribution in [1.82, 2.24) is 24.7 Å². The van der Waals surface area contributed by atoms with Gasteiger partial charge in [0.15, 0.2) is 17.3 Å². The molecule has 1 aromatic heterocycles. The van der Waals surface area contributed by atoms with Gasteiger partial charge in [0.25, 0.3) is 5.91 Å². The highest BCUT2D eigenvalue weighted by Gasteiger charge is 2.42. The van der Waals surface area contributed by atoms with Gasteiger partial charge in [-0.05, 0) is 75.1 Å². The van der Waals surface area contributed by atoms with E-state index in [2.05, 4.69) is 34.5 Å². The molecule has 2 amide bonds. The highest BCUT2D eigenvalue weighted by Crippen LogP contribution is 2.41. The van der Waals surface area contributed by atoms with Crippen molar-refractivity contribution in [1.29, 1.82) is 0 Å². The number of rotatable bonds is 13. The van der Waals surface area contributed by atoms with E-state index in [1.54, 1.807) is 33.5 Å². The zero-order valence-electron chi connectivity index (χ0n) is 29.4. The third kappa shape index (κ3) is 7.19. The topological polar surface area (TPSA) is 115 Å². The number of piperidine rings is 1. The van der Waals surface area contributed by atoms with Crippen molar-refractivity contribution in [2.45, 2.75) is 44.6 Å². The summed E-state index contributed by atoms with van der Waals surface area (Å²) >= 11 is 0. The molecule has 3 aromatic carbocycles. The van der Waals surface area contributed by atoms with E-state index >= 15 is 0 Å².